The minimum Gasteiger partial charge on any atom is -0.483 e. The van der Waals surface area contributed by atoms with Gasteiger partial charge < -0.3 is 14.8 Å². The van der Waals surface area contributed by atoms with Crippen LogP contribution < -0.4 is 10.1 Å². The highest BCUT2D eigenvalue weighted by molar-refractivity contribution is 9.10. The largest absolute Gasteiger partial charge is 0.483 e. The van der Waals surface area contributed by atoms with Crippen molar-refractivity contribution in [2.75, 3.05) is 20.3 Å². The van der Waals surface area contributed by atoms with E-state index in [4.69, 9.17) is 4.74 Å². The summed E-state index contributed by atoms with van der Waals surface area (Å²) >= 11 is 3.30. The Morgan fingerprint density at radius 1 is 1.40 bits per heavy atom. The van der Waals surface area contributed by atoms with E-state index in [0.29, 0.717) is 21.7 Å². The van der Waals surface area contributed by atoms with Crippen molar-refractivity contribution >= 4 is 27.8 Å². The standard InChI is InChI=1S/C14H16BrNO4/c1-19-14(18)10-4-5-12(11(15)6-10)20-8-13(17)16-7-9-2-3-9/h4-6,9H,2-3,7-8H2,1H3,(H,16,17). The summed E-state index contributed by atoms with van der Waals surface area (Å²) in [6.07, 6.45) is 2.39. The zero-order valence-corrected chi connectivity index (χ0v) is 12.7. The van der Waals surface area contributed by atoms with Gasteiger partial charge in [0.25, 0.3) is 5.91 Å². The third kappa shape index (κ3) is 4.23. The molecule has 6 heteroatoms. The van der Waals surface area contributed by atoms with E-state index in [0.717, 1.165) is 6.54 Å². The van der Waals surface area contributed by atoms with Crippen LogP contribution in [0.3, 0.4) is 0 Å². The van der Waals surface area contributed by atoms with Gasteiger partial charge in [-0.15, -0.1) is 0 Å². The van der Waals surface area contributed by atoms with Crippen molar-refractivity contribution in [1.29, 1.82) is 0 Å². The fourth-order valence-electron chi connectivity index (χ4n) is 1.64. The number of carbonyl (C=O) groups excluding carboxylic acids is 2. The normalized spacial score (nSPS) is 13.7. The molecule has 1 saturated carbocycles. The quantitative estimate of drug-likeness (QED) is 0.805. The molecule has 1 aromatic carbocycles. The van der Waals surface area contributed by atoms with Crippen LogP contribution in [0.1, 0.15) is 23.2 Å². The average Bonchev–Trinajstić information content (AvgIpc) is 3.27. The third-order valence-electron chi connectivity index (χ3n) is 3.00. The minimum absolute atomic E-state index is 0.0388. The predicted molar refractivity (Wildman–Crippen MR) is 76.7 cm³/mol. The van der Waals surface area contributed by atoms with Crippen LogP contribution in [0.4, 0.5) is 0 Å². The second kappa shape index (κ2) is 6.74. The molecule has 0 aromatic heterocycles. The Kier molecular flexibility index (Phi) is 5.00. The fourth-order valence-corrected chi connectivity index (χ4v) is 2.13. The SMILES string of the molecule is COC(=O)c1ccc(OCC(=O)NCC2CC2)c(Br)c1. The highest BCUT2D eigenvalue weighted by Gasteiger charge is 2.21. The molecule has 20 heavy (non-hydrogen) atoms. The minimum atomic E-state index is -0.417. The summed E-state index contributed by atoms with van der Waals surface area (Å²) < 4.78 is 10.6. The monoisotopic (exact) mass is 341 g/mol. The summed E-state index contributed by atoms with van der Waals surface area (Å²) in [4.78, 5) is 22.9. The zero-order chi connectivity index (χ0) is 14.5. The first-order valence-corrected chi connectivity index (χ1v) is 7.17. The van der Waals surface area contributed by atoms with Crippen molar-refractivity contribution in [2.45, 2.75) is 12.8 Å². The summed E-state index contributed by atoms with van der Waals surface area (Å²) in [5, 5.41) is 2.82. The lowest BCUT2D eigenvalue weighted by Gasteiger charge is -2.09. The second-order valence-electron chi connectivity index (χ2n) is 4.67. The first kappa shape index (κ1) is 14.8. The van der Waals surface area contributed by atoms with Crippen LogP contribution in [0, 0.1) is 5.92 Å². The van der Waals surface area contributed by atoms with Crippen LogP contribution in [-0.4, -0.2) is 32.1 Å². The molecule has 1 aromatic rings. The van der Waals surface area contributed by atoms with E-state index in [1.165, 1.54) is 20.0 Å². The maximum absolute atomic E-state index is 11.6. The number of hydrogen-bond donors (Lipinski definition) is 1. The summed E-state index contributed by atoms with van der Waals surface area (Å²) in [6, 6.07) is 4.82. The number of methoxy groups -OCH3 is 1. The summed E-state index contributed by atoms with van der Waals surface area (Å²) in [7, 11) is 1.32. The molecular weight excluding hydrogens is 326 g/mol. The highest BCUT2D eigenvalue weighted by Crippen LogP contribution is 2.28. The smallest absolute Gasteiger partial charge is 0.337 e. The van der Waals surface area contributed by atoms with Crippen molar-refractivity contribution in [3.05, 3.63) is 28.2 Å². The molecule has 0 radical (unpaired) electrons. The number of benzene rings is 1. The van der Waals surface area contributed by atoms with Gasteiger partial charge in [-0.1, -0.05) is 0 Å². The lowest BCUT2D eigenvalue weighted by Crippen LogP contribution is -2.30. The maximum atomic E-state index is 11.6. The Morgan fingerprint density at radius 3 is 2.75 bits per heavy atom. The molecule has 2 rings (SSSR count). The number of rotatable bonds is 6. The molecule has 0 atom stereocenters. The molecule has 0 heterocycles. The summed E-state index contributed by atoms with van der Waals surface area (Å²) in [5.74, 6) is 0.601. The first-order chi connectivity index (χ1) is 9.60. The van der Waals surface area contributed by atoms with Crippen molar-refractivity contribution in [2.24, 2.45) is 5.92 Å². The number of amides is 1. The van der Waals surface area contributed by atoms with Gasteiger partial charge >= 0.3 is 5.97 Å². The maximum Gasteiger partial charge on any atom is 0.337 e. The van der Waals surface area contributed by atoms with Crippen LogP contribution in [0.5, 0.6) is 5.75 Å². The number of ether oxygens (including phenoxy) is 2. The first-order valence-electron chi connectivity index (χ1n) is 6.37. The second-order valence-corrected chi connectivity index (χ2v) is 5.53. The van der Waals surface area contributed by atoms with Crippen LogP contribution in [0.2, 0.25) is 0 Å². The molecule has 0 aliphatic heterocycles. The summed E-state index contributed by atoms with van der Waals surface area (Å²) in [6.45, 7) is 0.688. The lowest BCUT2D eigenvalue weighted by atomic mass is 10.2. The van der Waals surface area contributed by atoms with Crippen molar-refractivity contribution in [3.63, 3.8) is 0 Å². The molecule has 1 aliphatic carbocycles. The molecular formula is C14H16BrNO4. The van der Waals surface area contributed by atoms with E-state index < -0.39 is 5.97 Å². The van der Waals surface area contributed by atoms with Gasteiger partial charge in [0.2, 0.25) is 0 Å². The van der Waals surface area contributed by atoms with E-state index in [1.807, 2.05) is 0 Å². The Hall–Kier alpha value is -1.56. The number of esters is 1. The van der Waals surface area contributed by atoms with E-state index in [-0.39, 0.29) is 12.5 Å². The molecule has 0 spiro atoms. The van der Waals surface area contributed by atoms with Gasteiger partial charge in [0, 0.05) is 6.54 Å². The molecule has 5 nitrogen and oxygen atoms in total. The van der Waals surface area contributed by atoms with Crippen LogP contribution in [-0.2, 0) is 9.53 Å². The van der Waals surface area contributed by atoms with Gasteiger partial charge in [0.05, 0.1) is 17.1 Å². The van der Waals surface area contributed by atoms with Gasteiger partial charge in [-0.25, -0.2) is 4.79 Å². The Bertz CT molecular complexity index is 514. The van der Waals surface area contributed by atoms with Crippen LogP contribution in [0.15, 0.2) is 22.7 Å². The number of halogens is 1. The van der Waals surface area contributed by atoms with Crippen molar-refractivity contribution in [1.82, 2.24) is 5.32 Å². The van der Waals surface area contributed by atoms with Gasteiger partial charge in [0.15, 0.2) is 6.61 Å². The zero-order valence-electron chi connectivity index (χ0n) is 11.1. The van der Waals surface area contributed by atoms with Crippen LogP contribution in [0.25, 0.3) is 0 Å². The lowest BCUT2D eigenvalue weighted by molar-refractivity contribution is -0.123. The number of nitrogens with one attached hydrogen (secondary N) is 1. The molecule has 1 fully saturated rings. The van der Waals surface area contributed by atoms with Gasteiger partial charge in [-0.05, 0) is 52.9 Å². The Balaban J connectivity index is 1.85. The van der Waals surface area contributed by atoms with E-state index >= 15 is 0 Å². The highest BCUT2D eigenvalue weighted by atomic mass is 79.9. The summed E-state index contributed by atoms with van der Waals surface area (Å²) in [5.41, 5.74) is 0.421. The predicted octanol–water partition coefficient (Wildman–Crippen LogP) is 2.14. The van der Waals surface area contributed by atoms with E-state index in [9.17, 15) is 9.59 Å². The molecule has 0 bridgehead atoms. The topological polar surface area (TPSA) is 64.6 Å². The molecule has 1 amide bonds. The van der Waals surface area contributed by atoms with Gasteiger partial charge in [-0.2, -0.15) is 0 Å². The van der Waals surface area contributed by atoms with Crippen molar-refractivity contribution < 1.29 is 19.1 Å². The van der Waals surface area contributed by atoms with Gasteiger partial charge in [-0.3, -0.25) is 4.79 Å². The molecule has 108 valence electrons. The molecule has 1 aliphatic rings. The number of hydrogen-bond acceptors (Lipinski definition) is 4. The van der Waals surface area contributed by atoms with Crippen molar-refractivity contribution in [3.8, 4) is 5.75 Å². The van der Waals surface area contributed by atoms with E-state index in [1.54, 1.807) is 18.2 Å². The Morgan fingerprint density at radius 2 is 2.15 bits per heavy atom. The molecule has 1 N–H and O–H groups in total. The number of carbonyl (C=O) groups is 2. The molecule has 0 unspecified atom stereocenters. The van der Waals surface area contributed by atoms with Crippen LogP contribution >= 0.6 is 15.9 Å². The Labute approximate surface area is 125 Å². The fraction of sp³-hybridized carbons (Fsp3) is 0.429. The van der Waals surface area contributed by atoms with Gasteiger partial charge in [0.1, 0.15) is 5.75 Å². The molecule has 0 saturated heterocycles. The third-order valence-corrected chi connectivity index (χ3v) is 3.62. The average molecular weight is 342 g/mol. The van der Waals surface area contributed by atoms with E-state index in [2.05, 4.69) is 26.0 Å².